The molecule has 1 amide bonds. The van der Waals surface area contributed by atoms with Crippen LogP contribution in [0.25, 0.3) is 16.9 Å². The molecular weight excluding hydrogens is 391 g/mol. The third-order valence-electron chi connectivity index (χ3n) is 5.59. The molecule has 3 aromatic rings. The third-order valence-corrected chi connectivity index (χ3v) is 5.59. The largest absolute Gasteiger partial charge is 0.497 e. The number of aliphatic hydroxyl groups excluding tert-OH is 1. The van der Waals surface area contributed by atoms with Gasteiger partial charge in [-0.25, -0.2) is 9.37 Å². The molecule has 0 radical (unpaired) electrons. The van der Waals surface area contributed by atoms with Crippen LogP contribution in [-0.4, -0.2) is 56.7 Å². The molecule has 1 aliphatic heterocycles. The van der Waals surface area contributed by atoms with E-state index < -0.39 is 11.4 Å². The molecule has 1 saturated heterocycles. The Bertz CT molecular complexity index is 1170. The summed E-state index contributed by atoms with van der Waals surface area (Å²) in [6.45, 7) is 1.08. The number of halogens is 1. The van der Waals surface area contributed by atoms with Gasteiger partial charge in [0.1, 0.15) is 17.3 Å². The van der Waals surface area contributed by atoms with E-state index in [1.165, 1.54) is 35.4 Å². The first-order chi connectivity index (χ1) is 14.4. The molecule has 1 N–H and O–H groups in total. The Morgan fingerprint density at radius 1 is 1.37 bits per heavy atom. The number of carbonyl (C=O) groups is 1. The van der Waals surface area contributed by atoms with E-state index in [1.807, 2.05) is 0 Å². The van der Waals surface area contributed by atoms with E-state index >= 15 is 0 Å². The number of fused-ring (bicyclic) bond motifs is 1. The molecule has 0 bridgehead atoms. The topological polar surface area (TPSA) is 89.1 Å². The van der Waals surface area contributed by atoms with Gasteiger partial charge in [0.15, 0.2) is 0 Å². The van der Waals surface area contributed by atoms with Crippen LogP contribution >= 0.6 is 0 Å². The lowest BCUT2D eigenvalue weighted by molar-refractivity contribution is 0.0615. The van der Waals surface area contributed by atoms with Gasteiger partial charge in [0.05, 0.1) is 12.8 Å². The highest BCUT2D eigenvalue weighted by molar-refractivity contribution is 5.93. The number of imidazole rings is 1. The normalized spacial score (nSPS) is 16.8. The van der Waals surface area contributed by atoms with Crippen LogP contribution in [0.4, 0.5) is 4.39 Å². The van der Waals surface area contributed by atoms with Gasteiger partial charge in [-0.1, -0.05) is 0 Å². The fourth-order valence-corrected chi connectivity index (χ4v) is 3.87. The van der Waals surface area contributed by atoms with Crippen LogP contribution in [0.15, 0.2) is 35.4 Å². The maximum absolute atomic E-state index is 14.6. The average Bonchev–Trinajstić information content (AvgIpc) is 3.20. The highest BCUT2D eigenvalue weighted by Gasteiger charge is 2.26. The van der Waals surface area contributed by atoms with Gasteiger partial charge in [-0.3, -0.25) is 14.0 Å². The number of hydrogen-bond acceptors (Lipinski definition) is 5. The smallest absolute Gasteiger partial charge is 0.294 e. The molecule has 1 fully saturated rings. The first kappa shape index (κ1) is 20.1. The molecule has 0 aliphatic carbocycles. The Hall–Kier alpha value is -3.20. The minimum Gasteiger partial charge on any atom is -0.497 e. The van der Waals surface area contributed by atoms with Crippen molar-refractivity contribution in [1.82, 2.24) is 18.9 Å². The van der Waals surface area contributed by atoms with Crippen molar-refractivity contribution in [2.45, 2.75) is 12.8 Å². The van der Waals surface area contributed by atoms with Gasteiger partial charge in [-0.05, 0) is 30.9 Å². The summed E-state index contributed by atoms with van der Waals surface area (Å²) < 4.78 is 22.4. The molecule has 4 rings (SSSR count). The van der Waals surface area contributed by atoms with E-state index in [4.69, 9.17) is 4.74 Å². The first-order valence-corrected chi connectivity index (χ1v) is 9.75. The highest BCUT2D eigenvalue weighted by Crippen LogP contribution is 2.26. The van der Waals surface area contributed by atoms with Crippen LogP contribution in [-0.2, 0) is 7.05 Å². The lowest BCUT2D eigenvalue weighted by Gasteiger charge is -2.31. The van der Waals surface area contributed by atoms with Crippen molar-refractivity contribution in [1.29, 1.82) is 0 Å². The van der Waals surface area contributed by atoms with Gasteiger partial charge in [0.2, 0.25) is 5.65 Å². The molecule has 1 atom stereocenters. The van der Waals surface area contributed by atoms with Crippen LogP contribution < -0.4 is 10.3 Å². The monoisotopic (exact) mass is 414 g/mol. The summed E-state index contributed by atoms with van der Waals surface area (Å²) in [5.41, 5.74) is 0.393. The van der Waals surface area contributed by atoms with Gasteiger partial charge in [-0.15, -0.1) is 0 Å². The van der Waals surface area contributed by atoms with Gasteiger partial charge in [0.25, 0.3) is 11.5 Å². The third kappa shape index (κ3) is 3.45. The van der Waals surface area contributed by atoms with E-state index in [0.717, 1.165) is 12.8 Å². The zero-order chi connectivity index (χ0) is 21.4. The number of nitrogens with zero attached hydrogens (tertiary/aromatic N) is 4. The summed E-state index contributed by atoms with van der Waals surface area (Å²) >= 11 is 0. The molecule has 1 aliphatic rings. The lowest BCUT2D eigenvalue weighted by atomic mass is 9.99. The van der Waals surface area contributed by atoms with Crippen molar-refractivity contribution in [3.8, 4) is 17.0 Å². The van der Waals surface area contributed by atoms with Crippen molar-refractivity contribution in [2.75, 3.05) is 26.8 Å². The van der Waals surface area contributed by atoms with Gasteiger partial charge >= 0.3 is 0 Å². The number of carbonyl (C=O) groups excluding carboxylic acids is 1. The summed E-state index contributed by atoms with van der Waals surface area (Å²) in [7, 11) is 2.99. The number of hydrogen-bond donors (Lipinski definition) is 1. The number of benzene rings is 1. The van der Waals surface area contributed by atoms with E-state index in [-0.39, 0.29) is 35.3 Å². The molecule has 0 unspecified atom stereocenters. The van der Waals surface area contributed by atoms with Gasteiger partial charge in [0, 0.05) is 50.8 Å². The van der Waals surface area contributed by atoms with E-state index in [9.17, 15) is 19.1 Å². The number of amides is 1. The van der Waals surface area contributed by atoms with Gasteiger partial charge in [-0.2, -0.15) is 0 Å². The molecular formula is C21H23FN4O4. The number of piperidine rings is 1. The standard InChI is InChI=1S/C21H23FN4O4/c1-24-18(15-6-5-14(30-2)8-16(15)22)11-26-10-17(23-19(26)21(24)29)20(28)25-7-3-4-13(9-25)12-27/h5-6,8,10-11,13,27H,3-4,7,9,12H2,1-2H3/t13-/m0/s1. The predicted octanol–water partition coefficient (Wildman–Crippen LogP) is 1.69. The molecule has 8 nitrogen and oxygen atoms in total. The van der Waals surface area contributed by atoms with Crippen molar-refractivity contribution in [3.63, 3.8) is 0 Å². The Kier molecular flexibility index (Phi) is 5.29. The molecule has 30 heavy (non-hydrogen) atoms. The first-order valence-electron chi connectivity index (χ1n) is 9.75. The molecule has 1 aromatic carbocycles. The van der Waals surface area contributed by atoms with Crippen molar-refractivity contribution in [2.24, 2.45) is 13.0 Å². The second kappa shape index (κ2) is 7.91. The van der Waals surface area contributed by atoms with Crippen LogP contribution in [0, 0.1) is 11.7 Å². The van der Waals surface area contributed by atoms with Crippen LogP contribution in [0.1, 0.15) is 23.3 Å². The Morgan fingerprint density at radius 3 is 2.87 bits per heavy atom. The molecule has 3 heterocycles. The Balaban J connectivity index is 1.74. The van der Waals surface area contributed by atoms with E-state index in [0.29, 0.717) is 24.5 Å². The Labute approximate surface area is 172 Å². The Morgan fingerprint density at radius 2 is 2.17 bits per heavy atom. The summed E-state index contributed by atoms with van der Waals surface area (Å²) in [6, 6.07) is 4.41. The number of ether oxygens (including phenoxy) is 1. The van der Waals surface area contributed by atoms with Crippen molar-refractivity contribution in [3.05, 3.63) is 52.5 Å². The van der Waals surface area contributed by atoms with E-state index in [1.54, 1.807) is 23.2 Å². The summed E-state index contributed by atoms with van der Waals surface area (Å²) in [6.07, 6.45) is 4.76. The quantitative estimate of drug-likeness (QED) is 0.702. The fourth-order valence-electron chi connectivity index (χ4n) is 3.87. The molecule has 9 heteroatoms. The van der Waals surface area contributed by atoms with Crippen molar-refractivity contribution < 1.29 is 19.0 Å². The zero-order valence-corrected chi connectivity index (χ0v) is 16.8. The summed E-state index contributed by atoms with van der Waals surface area (Å²) in [5, 5.41) is 9.40. The second-order valence-corrected chi connectivity index (χ2v) is 7.52. The maximum Gasteiger partial charge on any atom is 0.294 e. The summed E-state index contributed by atoms with van der Waals surface area (Å²) in [5.74, 6) is -0.377. The van der Waals surface area contributed by atoms with E-state index in [2.05, 4.69) is 4.98 Å². The average molecular weight is 414 g/mol. The number of rotatable bonds is 4. The number of likely N-dealkylation sites (tertiary alicyclic amines) is 1. The van der Waals surface area contributed by atoms with Gasteiger partial charge < -0.3 is 19.3 Å². The molecule has 0 saturated carbocycles. The number of aromatic nitrogens is 3. The predicted molar refractivity (Wildman–Crippen MR) is 108 cm³/mol. The minimum atomic E-state index is -0.525. The number of aliphatic hydroxyl groups is 1. The summed E-state index contributed by atoms with van der Waals surface area (Å²) in [4.78, 5) is 31.6. The minimum absolute atomic E-state index is 0.0340. The SMILES string of the molecule is COc1ccc(-c2cn3cc(C(=O)N4CCC[C@H](CO)C4)nc3c(=O)n2C)c(F)c1. The highest BCUT2D eigenvalue weighted by atomic mass is 19.1. The van der Waals surface area contributed by atoms with Crippen LogP contribution in [0.5, 0.6) is 5.75 Å². The molecule has 158 valence electrons. The zero-order valence-electron chi connectivity index (χ0n) is 16.8. The van der Waals surface area contributed by atoms with Crippen molar-refractivity contribution >= 4 is 11.6 Å². The van der Waals surface area contributed by atoms with Crippen LogP contribution in [0.2, 0.25) is 0 Å². The maximum atomic E-state index is 14.6. The lowest BCUT2D eigenvalue weighted by Crippen LogP contribution is -2.41. The molecule has 0 spiro atoms. The van der Waals surface area contributed by atoms with Crippen LogP contribution in [0.3, 0.4) is 0 Å². The number of methoxy groups -OCH3 is 1. The fraction of sp³-hybridized carbons (Fsp3) is 0.381. The molecule has 2 aromatic heterocycles. The second-order valence-electron chi connectivity index (χ2n) is 7.52.